The van der Waals surface area contributed by atoms with Crippen LogP contribution in [0.2, 0.25) is 0 Å². The Labute approximate surface area is 189 Å². The summed E-state index contributed by atoms with van der Waals surface area (Å²) >= 11 is 1.06. The van der Waals surface area contributed by atoms with E-state index in [0.29, 0.717) is 28.9 Å². The van der Waals surface area contributed by atoms with E-state index < -0.39 is 11.9 Å². The van der Waals surface area contributed by atoms with Gasteiger partial charge >= 0.3 is 6.18 Å². The minimum Gasteiger partial charge on any atom is -0.337 e. The quantitative estimate of drug-likeness (QED) is 0.510. The number of nitrogens with zero attached hydrogens (tertiary/aromatic N) is 3. The molecule has 0 bridgehead atoms. The van der Waals surface area contributed by atoms with Crippen LogP contribution >= 0.6 is 11.3 Å². The average Bonchev–Trinajstić information content (AvgIpc) is 2.94. The highest BCUT2D eigenvalue weighted by Crippen LogP contribution is 2.34. The highest BCUT2D eigenvalue weighted by molar-refractivity contribution is 7.20. The van der Waals surface area contributed by atoms with Crippen molar-refractivity contribution in [2.75, 3.05) is 32.7 Å². The highest BCUT2D eigenvalue weighted by Gasteiger charge is 2.33. The Morgan fingerprint density at radius 1 is 1.06 bits per heavy atom. The second kappa shape index (κ2) is 9.58. The molecule has 0 spiro atoms. The highest BCUT2D eigenvalue weighted by atomic mass is 32.1. The van der Waals surface area contributed by atoms with Gasteiger partial charge in [0.15, 0.2) is 0 Å². The first-order chi connectivity index (χ1) is 15.3. The fourth-order valence-electron chi connectivity index (χ4n) is 4.15. The number of carbonyl (C=O) groups excluding carboxylic acids is 1. The molecule has 4 nitrogen and oxygen atoms in total. The minimum absolute atomic E-state index is 0.106. The van der Waals surface area contributed by atoms with Gasteiger partial charge in [-0.15, -0.1) is 11.3 Å². The summed E-state index contributed by atoms with van der Waals surface area (Å²) in [6.07, 6.45) is -1.50. The van der Waals surface area contributed by atoms with E-state index in [9.17, 15) is 18.0 Å². The zero-order chi connectivity index (χ0) is 22.7. The number of fused-ring (bicyclic) bond motifs is 1. The van der Waals surface area contributed by atoms with Crippen molar-refractivity contribution in [2.45, 2.75) is 32.4 Å². The first-order valence-electron chi connectivity index (χ1n) is 10.9. The van der Waals surface area contributed by atoms with E-state index in [1.165, 1.54) is 11.6 Å². The van der Waals surface area contributed by atoms with E-state index in [1.54, 1.807) is 6.92 Å². The molecule has 1 amide bonds. The maximum atomic E-state index is 13.2. The van der Waals surface area contributed by atoms with Crippen molar-refractivity contribution in [3.8, 4) is 0 Å². The second-order valence-corrected chi connectivity index (χ2v) is 9.18. The van der Waals surface area contributed by atoms with Crippen LogP contribution < -0.4 is 0 Å². The smallest absolute Gasteiger partial charge is 0.337 e. The Morgan fingerprint density at radius 3 is 2.59 bits per heavy atom. The van der Waals surface area contributed by atoms with Gasteiger partial charge in [-0.25, -0.2) is 4.98 Å². The van der Waals surface area contributed by atoms with Gasteiger partial charge in [0, 0.05) is 25.0 Å². The maximum absolute atomic E-state index is 13.2. The van der Waals surface area contributed by atoms with E-state index in [0.717, 1.165) is 56.3 Å². The molecule has 0 saturated carbocycles. The number of aryl methyl sites for hydroxylation is 2. The normalized spacial score (nSPS) is 15.8. The van der Waals surface area contributed by atoms with Crippen LogP contribution in [0.3, 0.4) is 0 Å². The number of aromatic nitrogens is 1. The number of benzene rings is 1. The standard InChI is InChI=1S/C24H26F3N3OS/c1-17-19-10-11-20(24(25,26)27)28-22(19)32-21(17)23(31)30-14-6-13-29(15-16-30)12-5-9-18-7-3-2-4-8-18/h2-4,7-8,10-11H,5-6,9,12-16H2,1H3. The lowest BCUT2D eigenvalue weighted by molar-refractivity contribution is -0.140. The van der Waals surface area contributed by atoms with E-state index in [-0.39, 0.29) is 10.7 Å². The molecule has 4 rings (SSSR count). The summed E-state index contributed by atoms with van der Waals surface area (Å²) in [5.74, 6) is -0.106. The summed E-state index contributed by atoms with van der Waals surface area (Å²) in [6, 6.07) is 12.8. The Hall–Kier alpha value is -2.45. The lowest BCUT2D eigenvalue weighted by atomic mass is 10.1. The molecule has 1 aliphatic rings. The number of hydrogen-bond acceptors (Lipinski definition) is 4. The van der Waals surface area contributed by atoms with Crippen LogP contribution in [0.25, 0.3) is 10.2 Å². The average molecular weight is 462 g/mol. The van der Waals surface area contributed by atoms with Crippen molar-refractivity contribution in [3.05, 3.63) is 64.2 Å². The molecule has 0 atom stereocenters. The SMILES string of the molecule is Cc1c(C(=O)N2CCCN(CCCc3ccccc3)CC2)sc2nc(C(F)(F)F)ccc12. The van der Waals surface area contributed by atoms with E-state index in [2.05, 4.69) is 34.1 Å². The van der Waals surface area contributed by atoms with Gasteiger partial charge in [-0.2, -0.15) is 13.2 Å². The third-order valence-corrected chi connectivity index (χ3v) is 7.14. The molecule has 170 valence electrons. The molecule has 0 radical (unpaired) electrons. The summed E-state index contributed by atoms with van der Waals surface area (Å²) in [4.78, 5) is 21.9. The molecule has 32 heavy (non-hydrogen) atoms. The third-order valence-electron chi connectivity index (χ3n) is 5.95. The number of halogens is 3. The van der Waals surface area contributed by atoms with Gasteiger partial charge in [-0.3, -0.25) is 4.79 Å². The number of hydrogen-bond donors (Lipinski definition) is 0. The van der Waals surface area contributed by atoms with Crippen LogP contribution in [-0.2, 0) is 12.6 Å². The van der Waals surface area contributed by atoms with Crippen LogP contribution in [-0.4, -0.2) is 53.4 Å². The molecule has 2 aromatic heterocycles. The molecular formula is C24H26F3N3OS. The Balaban J connectivity index is 1.39. The Bertz CT molecular complexity index is 1080. The Morgan fingerprint density at radius 2 is 1.84 bits per heavy atom. The van der Waals surface area contributed by atoms with Crippen molar-refractivity contribution < 1.29 is 18.0 Å². The summed E-state index contributed by atoms with van der Waals surface area (Å²) < 4.78 is 39.0. The van der Waals surface area contributed by atoms with Crippen LogP contribution in [0.5, 0.6) is 0 Å². The van der Waals surface area contributed by atoms with Crippen LogP contribution in [0, 0.1) is 6.92 Å². The van der Waals surface area contributed by atoms with Crippen molar-refractivity contribution in [3.63, 3.8) is 0 Å². The fourth-order valence-corrected chi connectivity index (χ4v) is 5.30. The van der Waals surface area contributed by atoms with Crippen LogP contribution in [0.15, 0.2) is 42.5 Å². The van der Waals surface area contributed by atoms with E-state index >= 15 is 0 Å². The molecule has 0 N–H and O–H groups in total. The monoisotopic (exact) mass is 461 g/mol. The Kier molecular flexibility index (Phi) is 6.81. The van der Waals surface area contributed by atoms with Gasteiger partial charge < -0.3 is 9.80 Å². The second-order valence-electron chi connectivity index (χ2n) is 8.18. The molecule has 1 aromatic carbocycles. The molecule has 1 saturated heterocycles. The van der Waals surface area contributed by atoms with Crippen molar-refractivity contribution in [1.29, 1.82) is 0 Å². The molecule has 0 unspecified atom stereocenters. The van der Waals surface area contributed by atoms with Gasteiger partial charge in [-0.05, 0) is 62.5 Å². The third kappa shape index (κ3) is 5.13. The summed E-state index contributed by atoms with van der Waals surface area (Å²) in [6.45, 7) is 5.81. The van der Waals surface area contributed by atoms with E-state index in [4.69, 9.17) is 0 Å². The van der Waals surface area contributed by atoms with Gasteiger partial charge in [0.1, 0.15) is 10.5 Å². The lowest BCUT2D eigenvalue weighted by Crippen LogP contribution is -2.35. The van der Waals surface area contributed by atoms with Gasteiger partial charge in [0.2, 0.25) is 0 Å². The topological polar surface area (TPSA) is 36.4 Å². The number of pyridine rings is 1. The molecule has 3 heterocycles. The summed E-state index contributed by atoms with van der Waals surface area (Å²) in [5.41, 5.74) is 1.12. The predicted octanol–water partition coefficient (Wildman–Crippen LogP) is 5.40. The van der Waals surface area contributed by atoms with Gasteiger partial charge in [-0.1, -0.05) is 30.3 Å². The maximum Gasteiger partial charge on any atom is 0.433 e. The zero-order valence-corrected chi connectivity index (χ0v) is 18.8. The van der Waals surface area contributed by atoms with Gasteiger partial charge in [0.05, 0.1) is 4.88 Å². The molecule has 1 fully saturated rings. The van der Waals surface area contributed by atoms with Crippen molar-refractivity contribution >= 4 is 27.5 Å². The van der Waals surface area contributed by atoms with Crippen molar-refractivity contribution in [1.82, 2.24) is 14.8 Å². The van der Waals surface area contributed by atoms with E-state index in [1.807, 2.05) is 11.0 Å². The molecule has 3 aromatic rings. The molecular weight excluding hydrogens is 435 g/mol. The summed E-state index contributed by atoms with van der Waals surface area (Å²) in [7, 11) is 0. The first-order valence-corrected chi connectivity index (χ1v) is 11.7. The van der Waals surface area contributed by atoms with Crippen LogP contribution in [0.1, 0.15) is 39.3 Å². The largest absolute Gasteiger partial charge is 0.433 e. The number of rotatable bonds is 5. The van der Waals surface area contributed by atoms with Crippen LogP contribution in [0.4, 0.5) is 13.2 Å². The fraction of sp³-hybridized carbons (Fsp3) is 0.417. The number of amides is 1. The molecule has 0 aliphatic carbocycles. The summed E-state index contributed by atoms with van der Waals surface area (Å²) in [5, 5.41) is 0.615. The van der Waals surface area contributed by atoms with Gasteiger partial charge in [0.25, 0.3) is 5.91 Å². The molecule has 8 heteroatoms. The van der Waals surface area contributed by atoms with Crippen molar-refractivity contribution in [2.24, 2.45) is 0 Å². The predicted molar refractivity (Wildman–Crippen MR) is 121 cm³/mol. The number of alkyl halides is 3. The first kappa shape index (κ1) is 22.7. The minimum atomic E-state index is -4.50. The lowest BCUT2D eigenvalue weighted by Gasteiger charge is -2.22. The number of carbonyl (C=O) groups is 1. The zero-order valence-electron chi connectivity index (χ0n) is 18.0. The molecule has 1 aliphatic heterocycles. The number of thiophene rings is 1.